The van der Waals surface area contributed by atoms with Crippen molar-refractivity contribution in [1.82, 2.24) is 0 Å². The van der Waals surface area contributed by atoms with Gasteiger partial charge in [-0.2, -0.15) is 0 Å². The van der Waals surface area contributed by atoms with E-state index >= 15 is 0 Å². The summed E-state index contributed by atoms with van der Waals surface area (Å²) >= 11 is 0. The van der Waals surface area contributed by atoms with Crippen molar-refractivity contribution in [3.63, 3.8) is 0 Å². The second-order valence-corrected chi connectivity index (χ2v) is 5.19. The number of nitrogens with one attached hydrogen (secondary N) is 2. The van der Waals surface area contributed by atoms with Crippen LogP contribution in [-0.4, -0.2) is 32.6 Å². The van der Waals surface area contributed by atoms with Gasteiger partial charge in [-0.25, -0.2) is 0 Å². The van der Waals surface area contributed by atoms with E-state index in [1.165, 1.54) is 14.2 Å². The number of carbonyl (C=O) groups excluding carboxylic acids is 2. The Morgan fingerprint density at radius 3 is 2.52 bits per heavy atom. The van der Waals surface area contributed by atoms with Crippen LogP contribution in [-0.2, 0) is 4.79 Å². The Kier molecular flexibility index (Phi) is 6.36. The fraction of sp³-hybridized carbons (Fsp3) is 0.222. The van der Waals surface area contributed by atoms with Crippen LogP contribution in [0.4, 0.5) is 11.4 Å². The van der Waals surface area contributed by atoms with E-state index in [4.69, 9.17) is 15.2 Å². The summed E-state index contributed by atoms with van der Waals surface area (Å²) in [6, 6.07) is 11.8. The maximum atomic E-state index is 12.4. The number of ether oxygens (including phenoxy) is 2. The lowest BCUT2D eigenvalue weighted by atomic mass is 10.2. The highest BCUT2D eigenvalue weighted by molar-refractivity contribution is 6.05. The Hall–Kier alpha value is -3.06. The van der Waals surface area contributed by atoms with Crippen LogP contribution in [0.25, 0.3) is 0 Å². The molecule has 0 aliphatic rings. The molecule has 132 valence electrons. The van der Waals surface area contributed by atoms with Crippen molar-refractivity contribution in [2.45, 2.75) is 6.42 Å². The van der Waals surface area contributed by atoms with Gasteiger partial charge >= 0.3 is 0 Å². The van der Waals surface area contributed by atoms with Gasteiger partial charge in [0.15, 0.2) is 0 Å². The molecule has 0 aliphatic carbocycles. The number of methoxy groups -OCH3 is 2. The maximum Gasteiger partial charge on any atom is 0.255 e. The van der Waals surface area contributed by atoms with E-state index in [2.05, 4.69) is 10.6 Å². The molecule has 0 fully saturated rings. The zero-order valence-electron chi connectivity index (χ0n) is 14.2. The Bertz CT molecular complexity index is 762. The lowest BCUT2D eigenvalue weighted by Gasteiger charge is -2.13. The van der Waals surface area contributed by atoms with Gasteiger partial charge in [0.2, 0.25) is 5.91 Å². The first-order valence-corrected chi connectivity index (χ1v) is 7.70. The standard InChI is InChI=1S/C18H21N3O4/c1-24-14-5-3-4-12(10-14)18(23)20-13-6-7-16(25-2)15(11-13)21-17(22)8-9-19/h3-7,10-11H,8-9,19H2,1-2H3,(H,20,23)(H,21,22). The summed E-state index contributed by atoms with van der Waals surface area (Å²) in [5.74, 6) is 0.572. The van der Waals surface area contributed by atoms with Gasteiger partial charge in [0, 0.05) is 24.2 Å². The Morgan fingerprint density at radius 2 is 1.84 bits per heavy atom. The van der Waals surface area contributed by atoms with Gasteiger partial charge in [-0.05, 0) is 36.4 Å². The summed E-state index contributed by atoms with van der Waals surface area (Å²) in [6.45, 7) is 0.250. The number of anilines is 2. The highest BCUT2D eigenvalue weighted by atomic mass is 16.5. The van der Waals surface area contributed by atoms with Crippen molar-refractivity contribution in [2.24, 2.45) is 5.73 Å². The molecule has 0 heterocycles. The number of hydrogen-bond acceptors (Lipinski definition) is 5. The van der Waals surface area contributed by atoms with Crippen LogP contribution in [0.2, 0.25) is 0 Å². The number of hydrogen-bond donors (Lipinski definition) is 3. The van der Waals surface area contributed by atoms with Crippen molar-refractivity contribution in [1.29, 1.82) is 0 Å². The van der Waals surface area contributed by atoms with E-state index in [-0.39, 0.29) is 24.8 Å². The van der Waals surface area contributed by atoms with Crippen molar-refractivity contribution in [3.05, 3.63) is 48.0 Å². The first-order valence-electron chi connectivity index (χ1n) is 7.70. The minimum absolute atomic E-state index is 0.198. The monoisotopic (exact) mass is 343 g/mol. The molecular formula is C18H21N3O4. The van der Waals surface area contributed by atoms with Crippen LogP contribution in [0.3, 0.4) is 0 Å². The van der Waals surface area contributed by atoms with E-state index in [0.29, 0.717) is 28.4 Å². The molecule has 0 bridgehead atoms. The summed E-state index contributed by atoms with van der Waals surface area (Å²) in [5.41, 5.74) is 6.83. The molecule has 4 N–H and O–H groups in total. The fourth-order valence-electron chi connectivity index (χ4n) is 2.19. The van der Waals surface area contributed by atoms with E-state index in [9.17, 15) is 9.59 Å². The van der Waals surface area contributed by atoms with Crippen molar-refractivity contribution in [2.75, 3.05) is 31.4 Å². The first-order chi connectivity index (χ1) is 12.1. The molecule has 0 aliphatic heterocycles. The zero-order chi connectivity index (χ0) is 18.2. The van der Waals surface area contributed by atoms with Gasteiger partial charge in [-0.15, -0.1) is 0 Å². The van der Waals surface area contributed by atoms with Crippen molar-refractivity contribution < 1.29 is 19.1 Å². The highest BCUT2D eigenvalue weighted by Gasteiger charge is 2.11. The van der Waals surface area contributed by atoms with Gasteiger partial charge < -0.3 is 25.8 Å². The number of rotatable bonds is 7. The van der Waals surface area contributed by atoms with Gasteiger partial charge in [0.25, 0.3) is 5.91 Å². The van der Waals surface area contributed by atoms with Crippen LogP contribution in [0.1, 0.15) is 16.8 Å². The first kappa shape index (κ1) is 18.3. The largest absolute Gasteiger partial charge is 0.497 e. The third-order valence-electron chi connectivity index (χ3n) is 3.43. The number of benzene rings is 2. The summed E-state index contributed by atoms with van der Waals surface area (Å²) in [5, 5.41) is 5.50. The van der Waals surface area contributed by atoms with Crippen molar-refractivity contribution in [3.8, 4) is 11.5 Å². The fourth-order valence-corrected chi connectivity index (χ4v) is 2.19. The average Bonchev–Trinajstić information content (AvgIpc) is 2.62. The third-order valence-corrected chi connectivity index (χ3v) is 3.43. The van der Waals surface area contributed by atoms with Crippen LogP contribution in [0.5, 0.6) is 11.5 Å². The summed E-state index contributed by atoms with van der Waals surface area (Å²) in [4.78, 5) is 24.1. The number of carbonyl (C=O) groups is 2. The van der Waals surface area contributed by atoms with Crippen molar-refractivity contribution >= 4 is 23.2 Å². The summed E-state index contributed by atoms with van der Waals surface area (Å²) in [6.07, 6.45) is 0.198. The van der Waals surface area contributed by atoms with Crippen LogP contribution in [0, 0.1) is 0 Å². The molecule has 2 aromatic carbocycles. The molecule has 2 amide bonds. The Morgan fingerprint density at radius 1 is 1.04 bits per heavy atom. The molecule has 7 heteroatoms. The average molecular weight is 343 g/mol. The van der Waals surface area contributed by atoms with Gasteiger partial charge in [0.1, 0.15) is 11.5 Å². The molecule has 0 aromatic heterocycles. The van der Waals surface area contributed by atoms with E-state index in [0.717, 1.165) is 0 Å². The van der Waals surface area contributed by atoms with Gasteiger partial charge in [-0.3, -0.25) is 9.59 Å². The summed E-state index contributed by atoms with van der Waals surface area (Å²) in [7, 11) is 3.04. The minimum atomic E-state index is -0.289. The predicted octanol–water partition coefficient (Wildman–Crippen LogP) is 2.24. The van der Waals surface area contributed by atoms with Crippen LogP contribution in [0.15, 0.2) is 42.5 Å². The molecular weight excluding hydrogens is 322 g/mol. The quantitative estimate of drug-likeness (QED) is 0.715. The Labute approximate surface area is 146 Å². The molecule has 2 rings (SSSR count). The molecule has 0 spiro atoms. The normalized spacial score (nSPS) is 10.0. The smallest absolute Gasteiger partial charge is 0.255 e. The van der Waals surface area contributed by atoms with Gasteiger partial charge in [0.05, 0.1) is 19.9 Å². The Balaban J connectivity index is 2.18. The predicted molar refractivity (Wildman–Crippen MR) is 96.2 cm³/mol. The minimum Gasteiger partial charge on any atom is -0.497 e. The molecule has 0 saturated carbocycles. The van der Waals surface area contributed by atoms with Crippen LogP contribution < -0.4 is 25.8 Å². The molecule has 7 nitrogen and oxygen atoms in total. The molecule has 0 saturated heterocycles. The molecule has 0 atom stereocenters. The molecule has 0 radical (unpaired) electrons. The molecule has 2 aromatic rings. The summed E-state index contributed by atoms with van der Waals surface area (Å²) < 4.78 is 10.3. The number of amides is 2. The second-order valence-electron chi connectivity index (χ2n) is 5.19. The molecule has 25 heavy (non-hydrogen) atoms. The van der Waals surface area contributed by atoms with Gasteiger partial charge in [-0.1, -0.05) is 6.07 Å². The number of nitrogens with two attached hydrogens (primary N) is 1. The zero-order valence-corrected chi connectivity index (χ0v) is 14.2. The van der Waals surface area contributed by atoms with E-state index in [1.807, 2.05) is 0 Å². The highest BCUT2D eigenvalue weighted by Crippen LogP contribution is 2.28. The topological polar surface area (TPSA) is 103 Å². The molecule has 0 unspecified atom stereocenters. The third kappa shape index (κ3) is 4.95. The van der Waals surface area contributed by atoms with Crippen LogP contribution >= 0.6 is 0 Å². The lowest BCUT2D eigenvalue weighted by molar-refractivity contribution is -0.116. The van der Waals surface area contributed by atoms with E-state index in [1.54, 1.807) is 42.5 Å². The second kappa shape index (κ2) is 8.70. The maximum absolute atomic E-state index is 12.4. The van der Waals surface area contributed by atoms with E-state index < -0.39 is 0 Å². The SMILES string of the molecule is COc1cccc(C(=O)Nc2ccc(OC)c(NC(=O)CCN)c2)c1. The lowest BCUT2D eigenvalue weighted by Crippen LogP contribution is -2.17.